The van der Waals surface area contributed by atoms with E-state index < -0.39 is 5.91 Å². The number of allylic oxidation sites excluding steroid dienone is 1. The van der Waals surface area contributed by atoms with Crippen LogP contribution >= 0.6 is 11.6 Å². The number of nitrogens with zero attached hydrogens (tertiary/aromatic N) is 2. The van der Waals surface area contributed by atoms with Crippen LogP contribution in [0.4, 0.5) is 5.69 Å². The maximum Gasteiger partial charge on any atom is 0.258 e. The van der Waals surface area contributed by atoms with Crippen molar-refractivity contribution in [1.29, 1.82) is 10.5 Å². The minimum Gasteiger partial charge on any atom is -0.321 e. The van der Waals surface area contributed by atoms with Crippen molar-refractivity contribution in [2.24, 2.45) is 0 Å². The Labute approximate surface area is 96.4 Å². The molecule has 0 spiro atoms. The number of benzene rings is 1. The highest BCUT2D eigenvalue weighted by Crippen LogP contribution is 2.35. The fourth-order valence-electron chi connectivity index (χ4n) is 1.52. The third kappa shape index (κ3) is 1.42. The second-order valence-electron chi connectivity index (χ2n) is 3.12. The van der Waals surface area contributed by atoms with Crippen LogP contribution in [-0.2, 0) is 4.79 Å². The summed E-state index contributed by atoms with van der Waals surface area (Å²) in [5, 5.41) is 20.5. The third-order valence-electron chi connectivity index (χ3n) is 2.20. The molecule has 16 heavy (non-hydrogen) atoms. The first kappa shape index (κ1) is 10.2. The van der Waals surface area contributed by atoms with Crippen molar-refractivity contribution in [3.05, 3.63) is 34.4 Å². The van der Waals surface area contributed by atoms with E-state index in [-0.39, 0.29) is 11.1 Å². The largest absolute Gasteiger partial charge is 0.321 e. The zero-order chi connectivity index (χ0) is 11.7. The predicted molar refractivity (Wildman–Crippen MR) is 58.2 cm³/mol. The smallest absolute Gasteiger partial charge is 0.258 e. The van der Waals surface area contributed by atoms with Crippen molar-refractivity contribution in [2.75, 3.05) is 5.32 Å². The van der Waals surface area contributed by atoms with Crippen molar-refractivity contribution in [3.8, 4) is 12.1 Å². The molecule has 1 aromatic carbocycles. The summed E-state index contributed by atoms with van der Waals surface area (Å²) in [7, 11) is 0. The van der Waals surface area contributed by atoms with E-state index in [1.807, 2.05) is 0 Å². The lowest BCUT2D eigenvalue weighted by Crippen LogP contribution is -2.05. The average molecular weight is 230 g/mol. The Kier molecular flexibility index (Phi) is 2.36. The molecule has 0 bridgehead atoms. The molecule has 0 aliphatic carbocycles. The number of amides is 1. The normalized spacial score (nSPS) is 12.4. The first-order valence-electron chi connectivity index (χ1n) is 4.33. The number of carbonyl (C=O) groups excluding carboxylic acids is 1. The second kappa shape index (κ2) is 3.69. The van der Waals surface area contributed by atoms with Gasteiger partial charge in [0.1, 0.15) is 17.7 Å². The summed E-state index contributed by atoms with van der Waals surface area (Å²) in [6.45, 7) is 0. The number of fused-ring (bicyclic) bond motifs is 1. The zero-order valence-corrected chi connectivity index (χ0v) is 8.67. The number of anilines is 1. The van der Waals surface area contributed by atoms with E-state index in [0.717, 1.165) is 0 Å². The molecular formula is C11H4ClN3O. The van der Waals surface area contributed by atoms with Crippen LogP contribution in [0.1, 0.15) is 5.56 Å². The molecular weight excluding hydrogens is 226 g/mol. The van der Waals surface area contributed by atoms with Crippen LogP contribution in [0.3, 0.4) is 0 Å². The highest BCUT2D eigenvalue weighted by Gasteiger charge is 2.27. The molecule has 1 aliphatic rings. The molecule has 2 rings (SSSR count). The van der Waals surface area contributed by atoms with E-state index in [0.29, 0.717) is 16.3 Å². The predicted octanol–water partition coefficient (Wildman–Crippen LogP) is 2.09. The van der Waals surface area contributed by atoms with Crippen LogP contribution in [0.15, 0.2) is 23.8 Å². The SMILES string of the molecule is N#CC(C#N)=C1C(=O)Nc2ccc(Cl)cc21. The Balaban J connectivity index is 2.75. The molecule has 0 saturated heterocycles. The zero-order valence-electron chi connectivity index (χ0n) is 7.91. The van der Waals surface area contributed by atoms with Gasteiger partial charge in [-0.2, -0.15) is 10.5 Å². The Morgan fingerprint density at radius 2 is 2.00 bits per heavy atom. The topological polar surface area (TPSA) is 76.7 Å². The van der Waals surface area contributed by atoms with Crippen LogP contribution in [-0.4, -0.2) is 5.91 Å². The summed E-state index contributed by atoms with van der Waals surface area (Å²) in [6, 6.07) is 8.21. The number of rotatable bonds is 0. The fourth-order valence-corrected chi connectivity index (χ4v) is 1.70. The molecule has 0 atom stereocenters. The molecule has 5 heteroatoms. The summed E-state index contributed by atoms with van der Waals surface area (Å²) in [5.74, 6) is -0.449. The highest BCUT2D eigenvalue weighted by molar-refractivity contribution is 6.35. The van der Waals surface area contributed by atoms with Gasteiger partial charge in [-0.1, -0.05) is 11.6 Å². The van der Waals surface area contributed by atoms with E-state index in [4.69, 9.17) is 22.1 Å². The number of halogens is 1. The molecule has 1 aliphatic heterocycles. The van der Waals surface area contributed by atoms with Gasteiger partial charge in [0.05, 0.1) is 5.57 Å². The van der Waals surface area contributed by atoms with Gasteiger partial charge in [0.2, 0.25) is 0 Å². The van der Waals surface area contributed by atoms with Crippen molar-refractivity contribution in [2.45, 2.75) is 0 Å². The molecule has 1 amide bonds. The van der Waals surface area contributed by atoms with Crippen molar-refractivity contribution in [1.82, 2.24) is 0 Å². The summed E-state index contributed by atoms with van der Waals surface area (Å²) >= 11 is 5.80. The number of nitrogens with one attached hydrogen (secondary N) is 1. The van der Waals surface area contributed by atoms with Crippen LogP contribution in [0.5, 0.6) is 0 Å². The van der Waals surface area contributed by atoms with E-state index >= 15 is 0 Å². The van der Waals surface area contributed by atoms with Crippen LogP contribution in [0.2, 0.25) is 5.02 Å². The summed E-state index contributed by atoms with van der Waals surface area (Å²) in [4.78, 5) is 11.6. The molecule has 0 saturated carbocycles. The Bertz CT molecular complexity index is 589. The molecule has 1 heterocycles. The van der Waals surface area contributed by atoms with Gasteiger partial charge >= 0.3 is 0 Å². The van der Waals surface area contributed by atoms with E-state index in [1.54, 1.807) is 30.3 Å². The molecule has 1 aromatic rings. The minimum absolute atomic E-state index is 0.0856. The Morgan fingerprint density at radius 3 is 2.62 bits per heavy atom. The summed E-state index contributed by atoms with van der Waals surface area (Å²) in [5.41, 5.74) is 0.934. The lowest BCUT2D eigenvalue weighted by atomic mass is 10.0. The maximum atomic E-state index is 11.6. The average Bonchev–Trinajstić information content (AvgIpc) is 2.58. The summed E-state index contributed by atoms with van der Waals surface area (Å²) in [6.07, 6.45) is 0. The van der Waals surface area contributed by atoms with E-state index in [2.05, 4.69) is 5.32 Å². The van der Waals surface area contributed by atoms with Gasteiger partial charge in [-0.25, -0.2) is 0 Å². The minimum atomic E-state index is -0.449. The molecule has 1 N–H and O–H groups in total. The molecule has 4 nitrogen and oxygen atoms in total. The third-order valence-corrected chi connectivity index (χ3v) is 2.43. The highest BCUT2D eigenvalue weighted by atomic mass is 35.5. The van der Waals surface area contributed by atoms with Gasteiger partial charge in [0, 0.05) is 16.3 Å². The van der Waals surface area contributed by atoms with Crippen molar-refractivity contribution in [3.63, 3.8) is 0 Å². The second-order valence-corrected chi connectivity index (χ2v) is 3.55. The van der Waals surface area contributed by atoms with Crippen LogP contribution < -0.4 is 5.32 Å². The van der Waals surface area contributed by atoms with Gasteiger partial charge in [0.25, 0.3) is 5.91 Å². The van der Waals surface area contributed by atoms with E-state index in [9.17, 15) is 4.79 Å². The maximum absolute atomic E-state index is 11.6. The first-order chi connectivity index (χ1) is 7.67. The van der Waals surface area contributed by atoms with Gasteiger partial charge in [-0.3, -0.25) is 4.79 Å². The van der Waals surface area contributed by atoms with Gasteiger partial charge < -0.3 is 5.32 Å². The fraction of sp³-hybridized carbons (Fsp3) is 0. The van der Waals surface area contributed by atoms with E-state index in [1.165, 1.54) is 0 Å². The standard InChI is InChI=1S/C11H4ClN3O/c12-7-1-2-9-8(3-7)10(11(16)15-9)6(4-13)5-14/h1-3H,(H,15,16). The van der Waals surface area contributed by atoms with Crippen LogP contribution in [0, 0.1) is 22.7 Å². The first-order valence-corrected chi connectivity index (χ1v) is 4.71. The number of hydrogen-bond donors (Lipinski definition) is 1. The van der Waals surface area contributed by atoms with Crippen molar-refractivity contribution >= 4 is 28.8 Å². The van der Waals surface area contributed by atoms with Crippen molar-refractivity contribution < 1.29 is 4.79 Å². The summed E-state index contributed by atoms with van der Waals surface area (Å²) < 4.78 is 0. The van der Waals surface area contributed by atoms with Crippen LogP contribution in [0.25, 0.3) is 5.57 Å². The number of carbonyl (C=O) groups is 1. The van der Waals surface area contributed by atoms with Gasteiger partial charge in [-0.15, -0.1) is 0 Å². The molecule has 0 aromatic heterocycles. The lowest BCUT2D eigenvalue weighted by Gasteiger charge is -1.98. The van der Waals surface area contributed by atoms with Gasteiger partial charge in [-0.05, 0) is 18.2 Å². The molecule has 0 unspecified atom stereocenters. The molecule has 0 fully saturated rings. The lowest BCUT2D eigenvalue weighted by molar-refractivity contribution is -0.110. The molecule has 0 radical (unpaired) electrons. The number of nitriles is 2. The Morgan fingerprint density at radius 1 is 1.31 bits per heavy atom. The molecule has 76 valence electrons. The van der Waals surface area contributed by atoms with Gasteiger partial charge in [0.15, 0.2) is 0 Å². The quantitative estimate of drug-likeness (QED) is 0.547. The monoisotopic (exact) mass is 229 g/mol. The Hall–Kier alpha value is -2.30. The number of hydrogen-bond acceptors (Lipinski definition) is 3.